The van der Waals surface area contributed by atoms with Crippen molar-refractivity contribution in [3.8, 4) is 0 Å². The number of carbonyl (C=O) groups excluding carboxylic acids is 3. The molecule has 2 amide bonds. The summed E-state index contributed by atoms with van der Waals surface area (Å²) in [5.74, 6) is -0.681. The van der Waals surface area contributed by atoms with Gasteiger partial charge in [-0.15, -0.1) is 0 Å². The number of nitrogens with zero attached hydrogens (tertiary/aromatic N) is 1. The first kappa shape index (κ1) is 34.6. The summed E-state index contributed by atoms with van der Waals surface area (Å²) in [4.78, 5) is 37.4. The van der Waals surface area contributed by atoms with E-state index in [1.807, 2.05) is 0 Å². The number of hydrogen-bond acceptors (Lipinski definition) is 4. The molecule has 0 aromatic heterocycles. The molecule has 1 saturated carbocycles. The minimum atomic E-state index is -0.544. The average molecular weight is 551 g/mol. The van der Waals surface area contributed by atoms with Gasteiger partial charge in [0.1, 0.15) is 0 Å². The van der Waals surface area contributed by atoms with Crippen molar-refractivity contribution in [3.63, 3.8) is 0 Å². The van der Waals surface area contributed by atoms with Crippen molar-refractivity contribution in [1.82, 2.24) is 10.2 Å². The van der Waals surface area contributed by atoms with E-state index in [1.54, 1.807) is 11.9 Å². The van der Waals surface area contributed by atoms with E-state index in [0.29, 0.717) is 6.42 Å². The van der Waals surface area contributed by atoms with Gasteiger partial charge in [-0.05, 0) is 70.6 Å². The van der Waals surface area contributed by atoms with Gasteiger partial charge in [0.15, 0.2) is 0 Å². The molecule has 1 fully saturated rings. The van der Waals surface area contributed by atoms with Gasteiger partial charge in [0.05, 0.1) is 7.11 Å². The highest BCUT2D eigenvalue weighted by molar-refractivity contribution is 5.94. The zero-order valence-corrected chi connectivity index (χ0v) is 24.8. The Morgan fingerprint density at radius 2 is 1.20 bits per heavy atom. The lowest BCUT2D eigenvalue weighted by Crippen LogP contribution is -2.44. The zero-order chi connectivity index (χ0) is 29.3. The van der Waals surface area contributed by atoms with Crippen molar-refractivity contribution in [2.75, 3.05) is 14.2 Å². The van der Waals surface area contributed by atoms with Crippen LogP contribution < -0.4 is 5.32 Å². The highest BCUT2D eigenvalue weighted by Crippen LogP contribution is 2.23. The molecule has 6 heteroatoms. The van der Waals surface area contributed by atoms with Gasteiger partial charge in [0.2, 0.25) is 11.8 Å². The number of methoxy groups -OCH3 is 1. The maximum Gasteiger partial charge on any atom is 0.330 e. The minimum Gasteiger partial charge on any atom is -0.466 e. The zero-order valence-electron chi connectivity index (χ0n) is 24.8. The molecule has 0 aromatic rings. The third-order valence-corrected chi connectivity index (χ3v) is 6.65. The summed E-state index contributed by atoms with van der Waals surface area (Å²) in [5.41, 5.74) is 0. The smallest absolute Gasteiger partial charge is 0.330 e. The number of nitrogens with one attached hydrogen (secondary N) is 1. The normalized spacial score (nSPS) is 18.4. The molecule has 40 heavy (non-hydrogen) atoms. The van der Waals surface area contributed by atoms with Crippen LogP contribution in [0.5, 0.6) is 0 Å². The van der Waals surface area contributed by atoms with Crippen molar-refractivity contribution in [1.29, 1.82) is 0 Å². The van der Waals surface area contributed by atoms with Crippen LogP contribution in [0.3, 0.4) is 0 Å². The highest BCUT2D eigenvalue weighted by atomic mass is 16.5. The summed E-state index contributed by atoms with van der Waals surface area (Å²) in [6.45, 7) is 2.15. The number of allylic oxidation sites excluding steroid dienone is 12. The summed E-state index contributed by atoms with van der Waals surface area (Å²) in [6.07, 6.45) is 38.9. The first-order valence-corrected chi connectivity index (χ1v) is 14.7. The fourth-order valence-electron chi connectivity index (χ4n) is 4.27. The van der Waals surface area contributed by atoms with Crippen LogP contribution in [0.2, 0.25) is 0 Å². The maximum atomic E-state index is 12.3. The largest absolute Gasteiger partial charge is 0.466 e. The lowest BCUT2D eigenvalue weighted by molar-refractivity contribution is -0.135. The van der Waals surface area contributed by atoms with E-state index in [4.69, 9.17) is 0 Å². The molecule has 6 nitrogen and oxygen atoms in total. The van der Waals surface area contributed by atoms with Gasteiger partial charge in [0, 0.05) is 37.7 Å². The summed E-state index contributed by atoms with van der Waals surface area (Å²) in [6, 6.07) is 0.268. The Kier molecular flexibility index (Phi) is 20.3. The van der Waals surface area contributed by atoms with Crippen LogP contribution in [0.1, 0.15) is 84.0 Å². The van der Waals surface area contributed by atoms with E-state index < -0.39 is 5.97 Å². The van der Waals surface area contributed by atoms with Crippen molar-refractivity contribution in [2.45, 2.75) is 96.1 Å². The molecule has 1 aliphatic carbocycles. The van der Waals surface area contributed by atoms with Crippen LogP contribution in [-0.4, -0.2) is 48.9 Å². The average Bonchev–Trinajstić information content (AvgIpc) is 2.96. The van der Waals surface area contributed by atoms with E-state index in [1.165, 1.54) is 13.2 Å². The Hall–Kier alpha value is -3.41. The molecule has 1 N–H and O–H groups in total. The molecular weight excluding hydrogens is 500 g/mol. The van der Waals surface area contributed by atoms with E-state index in [0.717, 1.165) is 76.7 Å². The lowest BCUT2D eigenvalue weighted by atomic mass is 9.90. The first-order chi connectivity index (χ1) is 19.5. The molecule has 0 heterocycles. The summed E-state index contributed by atoms with van der Waals surface area (Å²) >= 11 is 0. The highest BCUT2D eigenvalue weighted by Gasteiger charge is 2.26. The van der Waals surface area contributed by atoms with Crippen LogP contribution in [0.4, 0.5) is 0 Å². The van der Waals surface area contributed by atoms with Crippen molar-refractivity contribution < 1.29 is 19.1 Å². The third-order valence-electron chi connectivity index (χ3n) is 6.65. The second-order valence-electron chi connectivity index (χ2n) is 9.83. The van der Waals surface area contributed by atoms with Crippen molar-refractivity contribution in [3.05, 3.63) is 85.1 Å². The SMILES string of the molecule is CC/C=C\C/C=C\C/C=C\C/C=C\C/C=C\C/C=C\CCC(=O)NC1CCC(N(C)C(=O)/C=C/C(=O)OC)CC1. The van der Waals surface area contributed by atoms with E-state index in [9.17, 15) is 14.4 Å². The Morgan fingerprint density at radius 3 is 1.68 bits per heavy atom. The second kappa shape index (κ2) is 23.5. The minimum absolute atomic E-state index is 0.0772. The predicted octanol–water partition coefficient (Wildman–Crippen LogP) is 7.08. The fourth-order valence-corrected chi connectivity index (χ4v) is 4.27. The molecule has 0 radical (unpaired) electrons. The molecule has 0 aromatic carbocycles. The van der Waals surface area contributed by atoms with Crippen molar-refractivity contribution >= 4 is 17.8 Å². The molecule has 1 aliphatic rings. The van der Waals surface area contributed by atoms with E-state index >= 15 is 0 Å². The molecule has 0 atom stereocenters. The number of amides is 2. The molecule has 0 spiro atoms. The van der Waals surface area contributed by atoms with Crippen LogP contribution >= 0.6 is 0 Å². The standard InChI is InChI=1S/C34H50N2O4/c1-4-5-6-7-8-9-10-11-12-13-14-15-16-17-18-19-20-21-22-23-32(37)35-30-24-26-31(27-25-30)36(2)33(38)28-29-34(39)40-3/h5-6,8-9,11-12,14-15,17-18,20-21,28-31H,4,7,10,13,16,19,22-27H2,1-3H3,(H,35,37)/b6-5-,9-8-,12-11-,15-14-,18-17-,21-20-,29-28+. The van der Waals surface area contributed by atoms with Gasteiger partial charge >= 0.3 is 5.97 Å². The number of esters is 1. The number of ether oxygens (including phenoxy) is 1. The predicted molar refractivity (Wildman–Crippen MR) is 166 cm³/mol. The molecule has 0 aliphatic heterocycles. The quantitative estimate of drug-likeness (QED) is 0.112. The van der Waals surface area contributed by atoms with Gasteiger partial charge < -0.3 is 15.0 Å². The van der Waals surface area contributed by atoms with Crippen LogP contribution in [0.25, 0.3) is 0 Å². The third kappa shape index (κ3) is 18.0. The van der Waals surface area contributed by atoms with Crippen LogP contribution in [-0.2, 0) is 19.1 Å². The Bertz CT molecular complexity index is 932. The molecule has 0 bridgehead atoms. The summed E-state index contributed by atoms with van der Waals surface area (Å²) in [7, 11) is 3.03. The summed E-state index contributed by atoms with van der Waals surface area (Å²) in [5, 5.41) is 3.13. The van der Waals surface area contributed by atoms with Gasteiger partial charge in [0.25, 0.3) is 0 Å². The van der Waals surface area contributed by atoms with E-state index in [-0.39, 0.29) is 23.9 Å². The fraction of sp³-hybridized carbons (Fsp3) is 0.500. The molecule has 0 unspecified atom stereocenters. The van der Waals surface area contributed by atoms with Gasteiger partial charge in [-0.3, -0.25) is 9.59 Å². The Labute approximate surface area is 242 Å². The summed E-state index contributed by atoms with van der Waals surface area (Å²) < 4.78 is 4.52. The van der Waals surface area contributed by atoms with Gasteiger partial charge in [-0.2, -0.15) is 0 Å². The van der Waals surface area contributed by atoms with E-state index in [2.05, 4.69) is 89.9 Å². The monoisotopic (exact) mass is 550 g/mol. The second-order valence-corrected chi connectivity index (χ2v) is 9.83. The molecule has 220 valence electrons. The number of rotatable bonds is 18. The number of carbonyl (C=O) groups is 3. The van der Waals surface area contributed by atoms with Crippen LogP contribution in [0, 0.1) is 0 Å². The number of likely N-dealkylation sites (N-methyl/N-ethyl adjacent to an activating group) is 1. The first-order valence-electron chi connectivity index (χ1n) is 14.7. The molecule has 0 saturated heterocycles. The maximum absolute atomic E-state index is 12.3. The van der Waals surface area contributed by atoms with Crippen LogP contribution in [0.15, 0.2) is 85.1 Å². The lowest BCUT2D eigenvalue weighted by Gasteiger charge is -2.34. The number of hydrogen-bond donors (Lipinski definition) is 1. The van der Waals surface area contributed by atoms with Gasteiger partial charge in [-0.1, -0.05) is 79.8 Å². The van der Waals surface area contributed by atoms with Crippen molar-refractivity contribution in [2.24, 2.45) is 0 Å². The molecular formula is C34H50N2O4. The Balaban J connectivity index is 2.09. The Morgan fingerprint density at radius 1 is 0.725 bits per heavy atom. The van der Waals surface area contributed by atoms with Gasteiger partial charge in [-0.25, -0.2) is 4.79 Å². The molecule has 1 rings (SSSR count). The topological polar surface area (TPSA) is 75.7 Å².